The summed E-state index contributed by atoms with van der Waals surface area (Å²) in [4.78, 5) is 10.8. The van der Waals surface area contributed by atoms with Crippen molar-refractivity contribution >= 4 is 5.97 Å². The first-order valence-corrected chi connectivity index (χ1v) is 3.63. The highest BCUT2D eigenvalue weighted by atomic mass is 16.7. The van der Waals surface area contributed by atoms with Crippen LogP contribution in [-0.4, -0.2) is 37.5 Å². The van der Waals surface area contributed by atoms with Crippen LogP contribution >= 0.6 is 0 Å². The molecule has 2 aliphatic rings. The molecule has 0 aromatic rings. The first-order chi connectivity index (χ1) is 5.24. The Hall–Kier alpha value is -0.610. The highest BCUT2D eigenvalue weighted by Gasteiger charge is 2.59. The maximum Gasteiger partial charge on any atom is 0.337 e. The molecule has 0 unspecified atom stereocenters. The summed E-state index contributed by atoms with van der Waals surface area (Å²) in [6, 6.07) is 0. The molecule has 0 radical (unpaired) electrons. The van der Waals surface area contributed by atoms with E-state index in [0.29, 0.717) is 0 Å². The Morgan fingerprint density at radius 2 is 2.00 bits per heavy atom. The summed E-state index contributed by atoms with van der Waals surface area (Å²) in [5, 5.41) is 0. The summed E-state index contributed by atoms with van der Waals surface area (Å²) < 4.78 is 14.7. The number of carbonyl (C=O) groups excluding carboxylic acids is 1. The number of ether oxygens (including phenoxy) is 3. The lowest BCUT2D eigenvalue weighted by molar-refractivity contribution is -0.142. The van der Waals surface area contributed by atoms with Crippen molar-refractivity contribution < 1.29 is 19.0 Å². The van der Waals surface area contributed by atoms with E-state index in [2.05, 4.69) is 4.74 Å². The molecule has 0 aromatic carbocycles. The minimum atomic E-state index is -0.366. The summed E-state index contributed by atoms with van der Waals surface area (Å²) in [7, 11) is 1.36. The van der Waals surface area contributed by atoms with Gasteiger partial charge in [-0.2, -0.15) is 0 Å². The van der Waals surface area contributed by atoms with Gasteiger partial charge in [0.15, 0.2) is 6.10 Å². The molecule has 11 heavy (non-hydrogen) atoms. The van der Waals surface area contributed by atoms with Crippen LogP contribution in [0.4, 0.5) is 0 Å². The standard InChI is InChI=1S/C7H10O4/c1-3-4(10-3)5-6(11-5)7(8)9-2/h3-6H,1-2H3/t3-,4-,5-,6-/m1/s1. The van der Waals surface area contributed by atoms with Gasteiger partial charge in [0.1, 0.15) is 12.2 Å². The fourth-order valence-corrected chi connectivity index (χ4v) is 1.23. The van der Waals surface area contributed by atoms with Crippen molar-refractivity contribution in [1.82, 2.24) is 0 Å². The summed E-state index contributed by atoms with van der Waals surface area (Å²) in [5.74, 6) is -0.294. The molecule has 2 heterocycles. The SMILES string of the molecule is COC(=O)[C@@H]1O[C@@H]1[C@@H]1O[C@@H]1C. The Bertz CT molecular complexity index is 191. The highest BCUT2D eigenvalue weighted by Crippen LogP contribution is 2.38. The van der Waals surface area contributed by atoms with Crippen molar-refractivity contribution in [3.63, 3.8) is 0 Å². The van der Waals surface area contributed by atoms with Crippen LogP contribution in [0.15, 0.2) is 0 Å². The number of rotatable bonds is 2. The number of hydrogen-bond donors (Lipinski definition) is 0. The Balaban J connectivity index is 1.82. The summed E-state index contributed by atoms with van der Waals surface area (Å²) >= 11 is 0. The van der Waals surface area contributed by atoms with Crippen LogP contribution < -0.4 is 0 Å². The fourth-order valence-electron chi connectivity index (χ4n) is 1.23. The van der Waals surface area contributed by atoms with Crippen molar-refractivity contribution in [2.45, 2.75) is 31.3 Å². The molecule has 0 bridgehead atoms. The average Bonchev–Trinajstić information content (AvgIpc) is 2.81. The van der Waals surface area contributed by atoms with E-state index in [1.807, 2.05) is 6.92 Å². The van der Waals surface area contributed by atoms with Gasteiger partial charge in [0, 0.05) is 0 Å². The van der Waals surface area contributed by atoms with Crippen molar-refractivity contribution in [1.29, 1.82) is 0 Å². The maximum absolute atomic E-state index is 10.8. The van der Waals surface area contributed by atoms with Gasteiger partial charge in [-0.25, -0.2) is 4.79 Å². The van der Waals surface area contributed by atoms with Gasteiger partial charge in [-0.3, -0.25) is 0 Å². The first kappa shape index (κ1) is 7.06. The van der Waals surface area contributed by atoms with Crippen molar-refractivity contribution in [2.75, 3.05) is 7.11 Å². The van der Waals surface area contributed by atoms with Gasteiger partial charge >= 0.3 is 5.97 Å². The maximum atomic E-state index is 10.8. The third kappa shape index (κ3) is 1.12. The average molecular weight is 158 g/mol. The zero-order valence-corrected chi connectivity index (χ0v) is 6.44. The van der Waals surface area contributed by atoms with Gasteiger partial charge in [-0.15, -0.1) is 0 Å². The zero-order valence-electron chi connectivity index (χ0n) is 6.44. The van der Waals surface area contributed by atoms with E-state index >= 15 is 0 Å². The van der Waals surface area contributed by atoms with Gasteiger partial charge in [0.25, 0.3) is 0 Å². The molecular weight excluding hydrogens is 148 g/mol. The normalized spacial score (nSPS) is 46.7. The van der Waals surface area contributed by atoms with E-state index in [1.165, 1.54) is 7.11 Å². The number of carbonyl (C=O) groups is 1. The van der Waals surface area contributed by atoms with Gasteiger partial charge in [-0.05, 0) is 6.92 Å². The lowest BCUT2D eigenvalue weighted by Gasteiger charge is -1.89. The molecule has 4 atom stereocenters. The number of hydrogen-bond acceptors (Lipinski definition) is 4. The first-order valence-electron chi connectivity index (χ1n) is 3.63. The number of esters is 1. The van der Waals surface area contributed by atoms with Crippen molar-refractivity contribution in [2.24, 2.45) is 0 Å². The summed E-state index contributed by atoms with van der Waals surface area (Å²) in [6.07, 6.45) is -0.0406. The second-order valence-corrected chi connectivity index (χ2v) is 2.85. The van der Waals surface area contributed by atoms with E-state index in [9.17, 15) is 4.79 Å². The molecule has 62 valence electrons. The third-order valence-corrected chi connectivity index (χ3v) is 2.04. The quantitative estimate of drug-likeness (QED) is 0.409. The molecule has 0 N–H and O–H groups in total. The minimum absolute atomic E-state index is 0.0440. The molecule has 2 saturated heterocycles. The van der Waals surface area contributed by atoms with Crippen molar-refractivity contribution in [3.05, 3.63) is 0 Å². The van der Waals surface area contributed by atoms with Gasteiger partial charge in [-0.1, -0.05) is 0 Å². The third-order valence-electron chi connectivity index (χ3n) is 2.04. The Labute approximate surface area is 64.4 Å². The lowest BCUT2D eigenvalue weighted by atomic mass is 10.2. The Morgan fingerprint density at radius 1 is 1.36 bits per heavy atom. The predicted molar refractivity (Wildman–Crippen MR) is 35.0 cm³/mol. The monoisotopic (exact) mass is 158 g/mol. The van der Waals surface area contributed by atoms with E-state index in [0.717, 1.165) is 0 Å². The van der Waals surface area contributed by atoms with E-state index in [-0.39, 0.29) is 30.4 Å². The zero-order chi connectivity index (χ0) is 8.01. The van der Waals surface area contributed by atoms with Crippen LogP contribution in [0.1, 0.15) is 6.92 Å². The fraction of sp³-hybridized carbons (Fsp3) is 0.857. The minimum Gasteiger partial charge on any atom is -0.467 e. The van der Waals surface area contributed by atoms with E-state index in [1.54, 1.807) is 0 Å². The van der Waals surface area contributed by atoms with Gasteiger partial charge < -0.3 is 14.2 Å². The topological polar surface area (TPSA) is 51.4 Å². The molecule has 0 spiro atoms. The largest absolute Gasteiger partial charge is 0.467 e. The van der Waals surface area contributed by atoms with E-state index < -0.39 is 0 Å². The molecule has 2 aliphatic heterocycles. The Morgan fingerprint density at radius 3 is 2.45 bits per heavy atom. The smallest absolute Gasteiger partial charge is 0.337 e. The molecule has 2 fully saturated rings. The van der Waals surface area contributed by atoms with Crippen molar-refractivity contribution in [3.8, 4) is 0 Å². The molecule has 0 amide bonds. The summed E-state index contributed by atoms with van der Waals surface area (Å²) in [5.41, 5.74) is 0. The van der Waals surface area contributed by atoms with Crippen LogP contribution in [0.5, 0.6) is 0 Å². The van der Waals surface area contributed by atoms with Gasteiger partial charge in [0.2, 0.25) is 0 Å². The molecule has 0 aliphatic carbocycles. The molecular formula is C7H10O4. The molecule has 4 nitrogen and oxygen atoms in total. The summed E-state index contributed by atoms with van der Waals surface area (Å²) in [6.45, 7) is 1.96. The second kappa shape index (κ2) is 2.19. The number of methoxy groups -OCH3 is 1. The van der Waals surface area contributed by atoms with Crippen LogP contribution in [-0.2, 0) is 19.0 Å². The van der Waals surface area contributed by atoms with Crippen LogP contribution in [0.2, 0.25) is 0 Å². The van der Waals surface area contributed by atoms with Crippen LogP contribution in [0.3, 0.4) is 0 Å². The second-order valence-electron chi connectivity index (χ2n) is 2.85. The van der Waals surface area contributed by atoms with Crippen LogP contribution in [0, 0.1) is 0 Å². The van der Waals surface area contributed by atoms with Crippen LogP contribution in [0.25, 0.3) is 0 Å². The lowest BCUT2D eigenvalue weighted by Crippen LogP contribution is -2.14. The van der Waals surface area contributed by atoms with E-state index in [4.69, 9.17) is 9.47 Å². The highest BCUT2D eigenvalue weighted by molar-refractivity contribution is 5.78. The molecule has 4 heteroatoms. The number of epoxide rings is 2. The Kier molecular flexibility index (Phi) is 1.40. The molecule has 2 rings (SSSR count). The predicted octanol–water partition coefficient (Wildman–Crippen LogP) is -0.286. The van der Waals surface area contributed by atoms with Gasteiger partial charge in [0.05, 0.1) is 13.2 Å². The molecule has 0 aromatic heterocycles. The molecule has 0 saturated carbocycles.